The Hall–Kier alpha value is -3.65. The zero-order valence-corrected chi connectivity index (χ0v) is 21.4. The first-order chi connectivity index (χ1) is 16.8. The van der Waals surface area contributed by atoms with E-state index in [2.05, 4.69) is 29.3 Å². The van der Waals surface area contributed by atoms with Crippen LogP contribution in [0.25, 0.3) is 0 Å². The van der Waals surface area contributed by atoms with E-state index in [0.29, 0.717) is 5.69 Å². The van der Waals surface area contributed by atoms with Crippen molar-refractivity contribution in [1.29, 1.82) is 0 Å². The Kier molecular flexibility index (Phi) is 8.65. The van der Waals surface area contributed by atoms with Crippen molar-refractivity contribution in [3.05, 3.63) is 89.5 Å². The van der Waals surface area contributed by atoms with Gasteiger partial charge in [-0.1, -0.05) is 48.0 Å². The minimum atomic E-state index is -3.97. The number of para-hydroxylation sites is 1. The van der Waals surface area contributed by atoms with Crippen molar-refractivity contribution in [2.24, 2.45) is 5.10 Å². The lowest BCUT2D eigenvalue weighted by molar-refractivity contribution is -0.119. The molecular formula is C27H32N4O3S. The maximum Gasteiger partial charge on any atom is 0.264 e. The van der Waals surface area contributed by atoms with Crippen molar-refractivity contribution < 1.29 is 13.2 Å². The second-order valence-corrected chi connectivity index (χ2v) is 10.0. The summed E-state index contributed by atoms with van der Waals surface area (Å²) in [6, 6.07) is 21.5. The summed E-state index contributed by atoms with van der Waals surface area (Å²) >= 11 is 0. The van der Waals surface area contributed by atoms with Crippen molar-refractivity contribution in [3.8, 4) is 0 Å². The molecule has 0 unspecified atom stereocenters. The fourth-order valence-corrected chi connectivity index (χ4v) is 5.17. The van der Waals surface area contributed by atoms with Gasteiger partial charge in [0.15, 0.2) is 0 Å². The van der Waals surface area contributed by atoms with Crippen molar-refractivity contribution >= 4 is 33.5 Å². The van der Waals surface area contributed by atoms with E-state index in [0.717, 1.165) is 39.8 Å². The van der Waals surface area contributed by atoms with Crippen LogP contribution in [0.3, 0.4) is 0 Å². The Labute approximate surface area is 208 Å². The van der Waals surface area contributed by atoms with Gasteiger partial charge < -0.3 is 4.90 Å². The summed E-state index contributed by atoms with van der Waals surface area (Å²) in [6.45, 7) is 9.34. The summed E-state index contributed by atoms with van der Waals surface area (Å²) in [5.41, 5.74) is 6.53. The lowest BCUT2D eigenvalue weighted by atomic mass is 10.2. The molecule has 0 spiro atoms. The summed E-state index contributed by atoms with van der Waals surface area (Å²) < 4.78 is 28.1. The minimum absolute atomic E-state index is 0.121. The zero-order valence-electron chi connectivity index (χ0n) is 20.6. The molecule has 7 nitrogen and oxygen atoms in total. The van der Waals surface area contributed by atoms with E-state index in [1.807, 2.05) is 50.2 Å². The second-order valence-electron chi connectivity index (χ2n) is 8.17. The molecule has 1 N–H and O–H groups in total. The third-order valence-electron chi connectivity index (χ3n) is 5.70. The molecule has 35 heavy (non-hydrogen) atoms. The fraction of sp³-hybridized carbons (Fsp3) is 0.259. The summed E-state index contributed by atoms with van der Waals surface area (Å²) in [4.78, 5) is 15.1. The maximum atomic E-state index is 13.5. The Morgan fingerprint density at radius 3 is 2.14 bits per heavy atom. The van der Waals surface area contributed by atoms with Gasteiger partial charge >= 0.3 is 0 Å². The normalized spacial score (nSPS) is 11.4. The number of sulfonamides is 1. The topological polar surface area (TPSA) is 82.1 Å². The number of nitrogens with zero attached hydrogens (tertiary/aromatic N) is 3. The zero-order chi connectivity index (χ0) is 25.4. The molecule has 0 radical (unpaired) electrons. The number of carbonyl (C=O) groups is 1. The number of anilines is 2. The van der Waals surface area contributed by atoms with E-state index in [-0.39, 0.29) is 4.90 Å². The van der Waals surface area contributed by atoms with Gasteiger partial charge in [-0.2, -0.15) is 5.10 Å². The number of rotatable bonds is 10. The van der Waals surface area contributed by atoms with Crippen LogP contribution in [-0.4, -0.2) is 40.2 Å². The molecule has 3 aromatic rings. The average molecular weight is 493 g/mol. The fourth-order valence-electron chi connectivity index (χ4n) is 3.68. The van der Waals surface area contributed by atoms with Crippen LogP contribution in [0.15, 0.2) is 82.8 Å². The highest BCUT2D eigenvalue weighted by Crippen LogP contribution is 2.26. The molecule has 0 aliphatic heterocycles. The largest absolute Gasteiger partial charge is 0.372 e. The predicted molar refractivity (Wildman–Crippen MR) is 143 cm³/mol. The molecule has 0 fully saturated rings. The van der Waals surface area contributed by atoms with Gasteiger partial charge in [0.05, 0.1) is 16.8 Å². The lowest BCUT2D eigenvalue weighted by Crippen LogP contribution is -2.40. The van der Waals surface area contributed by atoms with Crippen LogP contribution in [0.4, 0.5) is 11.4 Å². The van der Waals surface area contributed by atoms with Crippen LogP contribution >= 0.6 is 0 Å². The summed E-state index contributed by atoms with van der Waals surface area (Å²) in [5.74, 6) is -0.542. The molecule has 0 saturated heterocycles. The van der Waals surface area contributed by atoms with Gasteiger partial charge in [-0.05, 0) is 69.2 Å². The minimum Gasteiger partial charge on any atom is -0.372 e. The highest BCUT2D eigenvalue weighted by atomic mass is 32.2. The number of hydrazone groups is 1. The number of nitrogens with one attached hydrogen (secondary N) is 1. The summed E-state index contributed by atoms with van der Waals surface area (Å²) in [5, 5.41) is 4.03. The SMILES string of the molecule is CCN(CC)c1ccc(/C=N\NC(=O)CN(c2ccccc2C)S(=O)(=O)c2ccc(C)cc2)cc1. The van der Waals surface area contributed by atoms with Gasteiger partial charge in [-0.3, -0.25) is 9.10 Å². The van der Waals surface area contributed by atoms with E-state index < -0.39 is 22.5 Å². The van der Waals surface area contributed by atoms with Crippen LogP contribution in [0.2, 0.25) is 0 Å². The molecular weight excluding hydrogens is 460 g/mol. The highest BCUT2D eigenvalue weighted by molar-refractivity contribution is 7.92. The van der Waals surface area contributed by atoms with Crippen molar-refractivity contribution in [3.63, 3.8) is 0 Å². The average Bonchev–Trinajstić information content (AvgIpc) is 2.85. The monoisotopic (exact) mass is 492 g/mol. The summed E-state index contributed by atoms with van der Waals surface area (Å²) in [7, 11) is -3.97. The van der Waals surface area contributed by atoms with E-state index in [4.69, 9.17) is 0 Å². The number of hydrogen-bond donors (Lipinski definition) is 1. The Morgan fingerprint density at radius 2 is 1.54 bits per heavy atom. The lowest BCUT2D eigenvalue weighted by Gasteiger charge is -2.25. The molecule has 0 heterocycles. The molecule has 0 saturated carbocycles. The number of amides is 1. The molecule has 8 heteroatoms. The molecule has 1 amide bonds. The third kappa shape index (κ3) is 6.48. The van der Waals surface area contributed by atoms with Crippen LogP contribution < -0.4 is 14.6 Å². The van der Waals surface area contributed by atoms with Crippen LogP contribution in [0.5, 0.6) is 0 Å². The Morgan fingerprint density at radius 1 is 0.914 bits per heavy atom. The summed E-state index contributed by atoms with van der Waals surface area (Å²) in [6.07, 6.45) is 1.54. The van der Waals surface area contributed by atoms with E-state index in [1.165, 1.54) is 6.21 Å². The van der Waals surface area contributed by atoms with E-state index in [1.54, 1.807) is 36.4 Å². The first-order valence-electron chi connectivity index (χ1n) is 11.6. The predicted octanol–water partition coefficient (Wildman–Crippen LogP) is 4.50. The third-order valence-corrected chi connectivity index (χ3v) is 7.48. The van der Waals surface area contributed by atoms with Crippen molar-refractivity contribution in [1.82, 2.24) is 5.43 Å². The molecule has 0 aliphatic carbocycles. The molecule has 0 aliphatic rings. The van der Waals surface area contributed by atoms with Crippen LogP contribution in [0.1, 0.15) is 30.5 Å². The molecule has 0 bridgehead atoms. The second kappa shape index (κ2) is 11.7. The van der Waals surface area contributed by atoms with E-state index in [9.17, 15) is 13.2 Å². The quantitative estimate of drug-likeness (QED) is 0.334. The highest BCUT2D eigenvalue weighted by Gasteiger charge is 2.28. The van der Waals surface area contributed by atoms with Crippen LogP contribution in [0, 0.1) is 13.8 Å². The molecule has 3 aromatic carbocycles. The van der Waals surface area contributed by atoms with Gasteiger partial charge in [0.1, 0.15) is 6.54 Å². The van der Waals surface area contributed by atoms with Gasteiger partial charge in [-0.15, -0.1) is 0 Å². The number of hydrogen-bond acceptors (Lipinski definition) is 5. The number of benzene rings is 3. The first-order valence-corrected chi connectivity index (χ1v) is 13.0. The Balaban J connectivity index is 1.77. The Bertz CT molecular complexity index is 1270. The van der Waals surface area contributed by atoms with Gasteiger partial charge in [0.25, 0.3) is 15.9 Å². The smallest absolute Gasteiger partial charge is 0.264 e. The van der Waals surface area contributed by atoms with Gasteiger partial charge in [-0.25, -0.2) is 13.8 Å². The van der Waals surface area contributed by atoms with Crippen molar-refractivity contribution in [2.75, 3.05) is 28.8 Å². The first kappa shape index (κ1) is 26.0. The molecule has 3 rings (SSSR count). The number of aryl methyl sites for hydroxylation is 2. The maximum absolute atomic E-state index is 13.5. The molecule has 184 valence electrons. The molecule has 0 aromatic heterocycles. The van der Waals surface area contributed by atoms with Gasteiger partial charge in [0, 0.05) is 18.8 Å². The van der Waals surface area contributed by atoms with Crippen molar-refractivity contribution in [2.45, 2.75) is 32.6 Å². The van der Waals surface area contributed by atoms with E-state index >= 15 is 0 Å². The van der Waals surface area contributed by atoms with Gasteiger partial charge in [0.2, 0.25) is 0 Å². The molecule has 0 atom stereocenters. The standard InChI is InChI=1S/C27H32N4O3S/c1-5-30(6-2)24-15-13-23(14-16-24)19-28-29-27(32)20-31(26-10-8-7-9-22(26)4)35(33,34)25-17-11-21(3)12-18-25/h7-19H,5-6,20H2,1-4H3,(H,29,32)/b28-19-. The van der Waals surface area contributed by atoms with Crippen LogP contribution in [-0.2, 0) is 14.8 Å². The number of carbonyl (C=O) groups excluding carboxylic acids is 1.